The van der Waals surface area contributed by atoms with Crippen molar-refractivity contribution >= 4 is 54.3 Å². The molecule has 5 heteroatoms. The fraction of sp³-hybridized carbons (Fsp3) is 0. The minimum atomic E-state index is 0.586. The van der Waals surface area contributed by atoms with E-state index in [1.165, 1.54) is 26.9 Å². The van der Waals surface area contributed by atoms with E-state index in [1.807, 2.05) is 30.5 Å². The molecule has 0 fully saturated rings. The van der Waals surface area contributed by atoms with E-state index in [0.717, 1.165) is 44.0 Å². The van der Waals surface area contributed by atoms with Gasteiger partial charge in [-0.1, -0.05) is 97.1 Å². The molecule has 0 aliphatic rings. The van der Waals surface area contributed by atoms with E-state index in [0.29, 0.717) is 17.5 Å². The summed E-state index contributed by atoms with van der Waals surface area (Å²) in [6, 6.07) is 41.8. The van der Waals surface area contributed by atoms with Gasteiger partial charge in [0.2, 0.25) is 0 Å². The lowest BCUT2D eigenvalue weighted by Gasteiger charge is -2.11. The Morgan fingerprint density at radius 1 is 0.442 bits per heavy atom. The number of fused-ring (bicyclic) bond motifs is 7. The van der Waals surface area contributed by atoms with E-state index in [-0.39, 0.29) is 0 Å². The van der Waals surface area contributed by atoms with Gasteiger partial charge < -0.3 is 4.42 Å². The molecule has 200 valence electrons. The van der Waals surface area contributed by atoms with Gasteiger partial charge in [0.25, 0.3) is 0 Å². The quantitative estimate of drug-likeness (QED) is 0.205. The fourth-order valence-electron chi connectivity index (χ4n) is 6.08. The summed E-state index contributed by atoms with van der Waals surface area (Å²) in [7, 11) is 0. The normalized spacial score (nSPS) is 11.7. The second-order valence-electron chi connectivity index (χ2n) is 10.7. The van der Waals surface area contributed by atoms with Gasteiger partial charge in [0.15, 0.2) is 17.5 Å². The molecule has 0 saturated carbocycles. The van der Waals surface area contributed by atoms with Crippen molar-refractivity contribution in [2.75, 3.05) is 0 Å². The maximum atomic E-state index is 6.17. The van der Waals surface area contributed by atoms with Gasteiger partial charge >= 0.3 is 0 Å². The average Bonchev–Trinajstić information content (AvgIpc) is 3.46. The van der Waals surface area contributed by atoms with E-state index in [2.05, 4.69) is 102 Å². The second kappa shape index (κ2) is 9.29. The van der Waals surface area contributed by atoms with Gasteiger partial charge in [0.1, 0.15) is 11.2 Å². The predicted molar refractivity (Wildman–Crippen MR) is 174 cm³/mol. The van der Waals surface area contributed by atoms with Crippen LogP contribution in [0.3, 0.4) is 0 Å². The van der Waals surface area contributed by atoms with Crippen LogP contribution in [0.5, 0.6) is 0 Å². The topological polar surface area (TPSA) is 64.7 Å². The van der Waals surface area contributed by atoms with Gasteiger partial charge in [-0.15, -0.1) is 0 Å². The van der Waals surface area contributed by atoms with Crippen molar-refractivity contribution in [2.24, 2.45) is 0 Å². The molecule has 0 aliphatic heterocycles. The van der Waals surface area contributed by atoms with Crippen LogP contribution >= 0.6 is 0 Å². The molecule has 9 rings (SSSR count). The SMILES string of the molecule is c1ccc2cc(-c3nc(-c4ccc5ccc6ccccc6c5c4)nc(-c4cccc5oc6ccncc6c45)n3)ccc2c1. The van der Waals surface area contributed by atoms with Crippen molar-refractivity contribution in [1.29, 1.82) is 0 Å². The highest BCUT2D eigenvalue weighted by molar-refractivity contribution is 6.12. The van der Waals surface area contributed by atoms with Gasteiger partial charge in [-0.25, -0.2) is 15.0 Å². The van der Waals surface area contributed by atoms with Crippen LogP contribution in [-0.2, 0) is 0 Å². The van der Waals surface area contributed by atoms with E-state index in [9.17, 15) is 0 Å². The van der Waals surface area contributed by atoms with Crippen LogP contribution in [0.1, 0.15) is 0 Å². The average molecular weight is 551 g/mol. The highest BCUT2D eigenvalue weighted by Crippen LogP contribution is 2.37. The van der Waals surface area contributed by atoms with Gasteiger partial charge in [-0.3, -0.25) is 4.98 Å². The third-order valence-electron chi connectivity index (χ3n) is 8.19. The monoisotopic (exact) mass is 550 g/mol. The smallest absolute Gasteiger partial charge is 0.164 e. The van der Waals surface area contributed by atoms with E-state index in [1.54, 1.807) is 6.20 Å². The van der Waals surface area contributed by atoms with Crippen LogP contribution in [0.25, 0.3) is 88.4 Å². The molecule has 0 saturated heterocycles. The van der Waals surface area contributed by atoms with E-state index >= 15 is 0 Å². The summed E-state index contributed by atoms with van der Waals surface area (Å²) in [5.41, 5.74) is 4.29. The molecule has 0 N–H and O–H groups in total. The second-order valence-corrected chi connectivity index (χ2v) is 10.7. The number of hydrogen-bond acceptors (Lipinski definition) is 5. The first kappa shape index (κ1) is 23.7. The third-order valence-corrected chi connectivity index (χ3v) is 8.19. The number of rotatable bonds is 3. The first-order valence-electron chi connectivity index (χ1n) is 14.2. The van der Waals surface area contributed by atoms with Gasteiger partial charge in [0, 0.05) is 39.9 Å². The van der Waals surface area contributed by atoms with Crippen molar-refractivity contribution in [3.63, 3.8) is 0 Å². The number of benzene rings is 6. The Hall–Kier alpha value is -5.94. The van der Waals surface area contributed by atoms with Gasteiger partial charge in [0.05, 0.1) is 0 Å². The molecule has 0 spiro atoms. The summed E-state index contributed by atoms with van der Waals surface area (Å²) in [6.07, 6.45) is 3.58. The van der Waals surface area contributed by atoms with Crippen LogP contribution in [0.4, 0.5) is 0 Å². The maximum absolute atomic E-state index is 6.17. The molecule has 3 aromatic heterocycles. The van der Waals surface area contributed by atoms with Crippen LogP contribution in [0, 0.1) is 0 Å². The number of furan rings is 1. The lowest BCUT2D eigenvalue weighted by atomic mass is 9.99. The number of aromatic nitrogens is 4. The molecule has 0 bridgehead atoms. The predicted octanol–water partition coefficient (Wildman–Crippen LogP) is 9.63. The lowest BCUT2D eigenvalue weighted by molar-refractivity contribution is 0.668. The molecule has 6 aromatic carbocycles. The van der Waals surface area contributed by atoms with E-state index < -0.39 is 0 Å². The lowest BCUT2D eigenvalue weighted by Crippen LogP contribution is -2.00. The molecule has 0 amide bonds. The summed E-state index contributed by atoms with van der Waals surface area (Å²) in [5.74, 6) is 1.82. The van der Waals surface area contributed by atoms with Crippen molar-refractivity contribution in [3.8, 4) is 34.2 Å². The molecule has 3 heterocycles. The summed E-state index contributed by atoms with van der Waals surface area (Å²) in [6.45, 7) is 0. The van der Waals surface area contributed by atoms with Crippen LogP contribution in [0.2, 0.25) is 0 Å². The molecular formula is C38H22N4O. The van der Waals surface area contributed by atoms with Crippen LogP contribution in [-0.4, -0.2) is 19.9 Å². The molecule has 9 aromatic rings. The maximum Gasteiger partial charge on any atom is 0.164 e. The molecular weight excluding hydrogens is 528 g/mol. The number of pyridine rings is 1. The highest BCUT2D eigenvalue weighted by atomic mass is 16.3. The summed E-state index contributed by atoms with van der Waals surface area (Å²) in [5, 5.41) is 8.92. The summed E-state index contributed by atoms with van der Waals surface area (Å²) < 4.78 is 6.17. The Morgan fingerprint density at radius 3 is 1.98 bits per heavy atom. The highest BCUT2D eigenvalue weighted by Gasteiger charge is 2.18. The Kier molecular flexibility index (Phi) is 5.13. The van der Waals surface area contributed by atoms with Crippen LogP contribution < -0.4 is 0 Å². The van der Waals surface area contributed by atoms with Crippen molar-refractivity contribution < 1.29 is 4.42 Å². The van der Waals surface area contributed by atoms with E-state index in [4.69, 9.17) is 19.4 Å². The molecule has 5 nitrogen and oxygen atoms in total. The van der Waals surface area contributed by atoms with Crippen molar-refractivity contribution in [2.45, 2.75) is 0 Å². The molecule has 0 atom stereocenters. The summed E-state index contributed by atoms with van der Waals surface area (Å²) in [4.78, 5) is 19.6. The Bertz CT molecular complexity index is 2530. The first-order chi connectivity index (χ1) is 21.3. The van der Waals surface area contributed by atoms with Gasteiger partial charge in [-0.05, 0) is 56.6 Å². The molecule has 0 unspecified atom stereocenters. The number of hydrogen-bond donors (Lipinski definition) is 0. The first-order valence-corrected chi connectivity index (χ1v) is 14.2. The molecule has 0 radical (unpaired) electrons. The van der Waals surface area contributed by atoms with Gasteiger partial charge in [-0.2, -0.15) is 0 Å². The zero-order chi connectivity index (χ0) is 28.3. The molecule has 43 heavy (non-hydrogen) atoms. The zero-order valence-corrected chi connectivity index (χ0v) is 22.9. The largest absolute Gasteiger partial charge is 0.456 e. The fourth-order valence-corrected chi connectivity index (χ4v) is 6.08. The standard InChI is InChI=1S/C38H22N4O/c1-2-8-26-20-27(16-12-23(26)6-1)36-40-37(28-17-15-25-14-13-24-7-3-4-9-29(24)31(25)21-28)42-38(41-36)30-10-5-11-34-35(30)32-22-39-19-18-33(32)43-34/h1-22H. The molecule has 0 aliphatic carbocycles. The van der Waals surface area contributed by atoms with Crippen molar-refractivity contribution in [1.82, 2.24) is 19.9 Å². The minimum Gasteiger partial charge on any atom is -0.456 e. The van der Waals surface area contributed by atoms with Crippen LogP contribution in [0.15, 0.2) is 138 Å². The Labute approximate surface area is 246 Å². The Balaban J connectivity index is 1.32. The minimum absolute atomic E-state index is 0.586. The zero-order valence-electron chi connectivity index (χ0n) is 22.9. The number of nitrogens with zero attached hydrogens (tertiary/aromatic N) is 4. The summed E-state index contributed by atoms with van der Waals surface area (Å²) >= 11 is 0. The van der Waals surface area contributed by atoms with Crippen molar-refractivity contribution in [3.05, 3.63) is 134 Å². The third kappa shape index (κ3) is 3.86. The Morgan fingerprint density at radius 2 is 1.12 bits per heavy atom.